The summed E-state index contributed by atoms with van der Waals surface area (Å²) in [4.78, 5) is 4.12. The van der Waals surface area contributed by atoms with E-state index in [9.17, 15) is 0 Å². The molecule has 1 aromatic heterocycles. The number of hydrogen-bond acceptors (Lipinski definition) is 4. The summed E-state index contributed by atoms with van der Waals surface area (Å²) >= 11 is 0. The first-order chi connectivity index (χ1) is 9.74. The minimum absolute atomic E-state index is 0.527. The summed E-state index contributed by atoms with van der Waals surface area (Å²) in [6.45, 7) is 4.99. The number of hydrogen-bond donors (Lipinski definition) is 1. The number of aromatic nitrogens is 1. The van der Waals surface area contributed by atoms with Crippen LogP contribution in [0.5, 0.6) is 5.75 Å². The quantitative estimate of drug-likeness (QED) is 0.644. The van der Waals surface area contributed by atoms with Crippen LogP contribution in [0.25, 0.3) is 0 Å². The highest BCUT2D eigenvalue weighted by molar-refractivity contribution is 5.80. The molecule has 20 heavy (non-hydrogen) atoms. The molecule has 1 heterocycles. The lowest BCUT2D eigenvalue weighted by Crippen LogP contribution is -2.04. The maximum absolute atomic E-state index is 5.63. The third kappa shape index (κ3) is 4.72. The smallest absolute Gasteiger partial charge is 0.146 e. The van der Waals surface area contributed by atoms with Crippen molar-refractivity contribution in [2.45, 2.75) is 13.8 Å². The predicted octanol–water partition coefficient (Wildman–Crippen LogP) is 3.56. The van der Waals surface area contributed by atoms with E-state index in [1.807, 2.05) is 42.5 Å². The first kappa shape index (κ1) is 14.1. The maximum Gasteiger partial charge on any atom is 0.146 e. The molecule has 0 atom stereocenters. The molecule has 0 aliphatic rings. The molecule has 0 amide bonds. The number of hydrazone groups is 1. The summed E-state index contributed by atoms with van der Waals surface area (Å²) in [7, 11) is 0. The number of nitrogens with zero attached hydrogens (tertiary/aromatic N) is 2. The van der Waals surface area contributed by atoms with Gasteiger partial charge in [-0.25, -0.2) is 4.98 Å². The van der Waals surface area contributed by atoms with Crippen LogP contribution in [0, 0.1) is 5.92 Å². The first-order valence-electron chi connectivity index (χ1n) is 6.67. The minimum Gasteiger partial charge on any atom is -0.493 e. The zero-order chi connectivity index (χ0) is 14.2. The van der Waals surface area contributed by atoms with Crippen molar-refractivity contribution in [3.63, 3.8) is 0 Å². The average molecular weight is 269 g/mol. The Bertz CT molecular complexity index is 535. The molecular weight excluding hydrogens is 250 g/mol. The lowest BCUT2D eigenvalue weighted by atomic mass is 10.2. The molecule has 0 radical (unpaired) electrons. The van der Waals surface area contributed by atoms with Gasteiger partial charge in [0.15, 0.2) is 0 Å². The van der Waals surface area contributed by atoms with Gasteiger partial charge in [0, 0.05) is 6.20 Å². The Morgan fingerprint density at radius 2 is 2.00 bits per heavy atom. The van der Waals surface area contributed by atoms with Crippen molar-refractivity contribution in [2.75, 3.05) is 12.0 Å². The molecule has 0 saturated heterocycles. The SMILES string of the molecule is CC(C)COc1ccc(/C=N/Nc2ccccn2)cc1. The summed E-state index contributed by atoms with van der Waals surface area (Å²) in [5.41, 5.74) is 3.88. The zero-order valence-electron chi connectivity index (χ0n) is 11.8. The van der Waals surface area contributed by atoms with Crippen molar-refractivity contribution in [1.29, 1.82) is 0 Å². The van der Waals surface area contributed by atoms with Crippen LogP contribution in [0.15, 0.2) is 53.8 Å². The molecule has 2 rings (SSSR count). The fraction of sp³-hybridized carbons (Fsp3) is 0.250. The Morgan fingerprint density at radius 1 is 1.20 bits per heavy atom. The summed E-state index contributed by atoms with van der Waals surface area (Å²) < 4.78 is 5.63. The number of benzene rings is 1. The molecule has 0 saturated carbocycles. The third-order valence-electron chi connectivity index (χ3n) is 2.52. The lowest BCUT2D eigenvalue weighted by molar-refractivity contribution is 0.271. The van der Waals surface area contributed by atoms with E-state index >= 15 is 0 Å². The standard InChI is InChI=1S/C16H19N3O/c1-13(2)12-20-15-8-6-14(7-9-15)11-18-19-16-5-3-4-10-17-16/h3-11,13H,12H2,1-2H3,(H,17,19)/b18-11+. The van der Waals surface area contributed by atoms with Gasteiger partial charge in [-0.3, -0.25) is 5.43 Å². The second-order valence-electron chi connectivity index (χ2n) is 4.86. The van der Waals surface area contributed by atoms with Gasteiger partial charge in [-0.05, 0) is 47.9 Å². The Kier molecular flexibility index (Phi) is 5.12. The van der Waals surface area contributed by atoms with Gasteiger partial charge < -0.3 is 4.74 Å². The first-order valence-corrected chi connectivity index (χ1v) is 6.67. The van der Waals surface area contributed by atoms with Crippen LogP contribution in [-0.2, 0) is 0 Å². The molecule has 4 heteroatoms. The molecule has 2 aromatic rings. The topological polar surface area (TPSA) is 46.5 Å². The van der Waals surface area contributed by atoms with E-state index in [0.29, 0.717) is 5.92 Å². The molecule has 104 valence electrons. The lowest BCUT2D eigenvalue weighted by Gasteiger charge is -2.08. The average Bonchev–Trinajstić information content (AvgIpc) is 2.47. The van der Waals surface area contributed by atoms with E-state index in [2.05, 4.69) is 29.4 Å². The zero-order valence-corrected chi connectivity index (χ0v) is 11.8. The highest BCUT2D eigenvalue weighted by atomic mass is 16.5. The summed E-state index contributed by atoms with van der Waals surface area (Å²) in [6, 6.07) is 13.5. The highest BCUT2D eigenvalue weighted by Crippen LogP contribution is 2.12. The second kappa shape index (κ2) is 7.28. The van der Waals surface area contributed by atoms with Gasteiger partial charge in [-0.2, -0.15) is 5.10 Å². The molecule has 0 bridgehead atoms. The molecular formula is C16H19N3O. The largest absolute Gasteiger partial charge is 0.493 e. The van der Waals surface area contributed by atoms with E-state index in [1.165, 1.54) is 0 Å². The van der Waals surface area contributed by atoms with E-state index in [0.717, 1.165) is 23.7 Å². The fourth-order valence-electron chi connectivity index (χ4n) is 1.51. The van der Waals surface area contributed by atoms with Crippen molar-refractivity contribution in [3.05, 3.63) is 54.2 Å². The molecule has 0 fully saturated rings. The normalized spacial score (nSPS) is 10.9. The van der Waals surface area contributed by atoms with E-state index in [1.54, 1.807) is 12.4 Å². The van der Waals surface area contributed by atoms with Crippen molar-refractivity contribution < 1.29 is 4.74 Å². The number of nitrogens with one attached hydrogen (secondary N) is 1. The molecule has 0 spiro atoms. The van der Waals surface area contributed by atoms with Gasteiger partial charge in [0.25, 0.3) is 0 Å². The number of rotatable bonds is 6. The number of ether oxygens (including phenoxy) is 1. The third-order valence-corrected chi connectivity index (χ3v) is 2.52. The molecule has 0 aliphatic heterocycles. The Labute approximate surface area is 119 Å². The van der Waals surface area contributed by atoms with Crippen LogP contribution >= 0.6 is 0 Å². The predicted molar refractivity (Wildman–Crippen MR) is 82.2 cm³/mol. The van der Waals surface area contributed by atoms with Crippen LogP contribution in [0.2, 0.25) is 0 Å². The van der Waals surface area contributed by atoms with E-state index in [-0.39, 0.29) is 0 Å². The van der Waals surface area contributed by atoms with Crippen molar-refractivity contribution in [3.8, 4) is 5.75 Å². The van der Waals surface area contributed by atoms with Crippen LogP contribution in [0.4, 0.5) is 5.82 Å². The van der Waals surface area contributed by atoms with Gasteiger partial charge in [-0.15, -0.1) is 0 Å². The Hall–Kier alpha value is -2.36. The van der Waals surface area contributed by atoms with Crippen molar-refractivity contribution in [1.82, 2.24) is 4.98 Å². The van der Waals surface area contributed by atoms with Crippen LogP contribution < -0.4 is 10.2 Å². The van der Waals surface area contributed by atoms with E-state index < -0.39 is 0 Å². The van der Waals surface area contributed by atoms with Gasteiger partial charge in [0.2, 0.25) is 0 Å². The molecule has 0 aliphatic carbocycles. The molecule has 1 aromatic carbocycles. The highest BCUT2D eigenvalue weighted by Gasteiger charge is 1.96. The molecule has 4 nitrogen and oxygen atoms in total. The van der Waals surface area contributed by atoms with Gasteiger partial charge >= 0.3 is 0 Å². The maximum atomic E-state index is 5.63. The Morgan fingerprint density at radius 3 is 2.65 bits per heavy atom. The number of pyridine rings is 1. The van der Waals surface area contributed by atoms with Crippen LogP contribution in [0.3, 0.4) is 0 Å². The van der Waals surface area contributed by atoms with Crippen LogP contribution in [-0.4, -0.2) is 17.8 Å². The summed E-state index contributed by atoms with van der Waals surface area (Å²) in [5, 5.41) is 4.14. The Balaban J connectivity index is 1.87. The van der Waals surface area contributed by atoms with Crippen LogP contribution in [0.1, 0.15) is 19.4 Å². The number of anilines is 1. The van der Waals surface area contributed by atoms with Gasteiger partial charge in [0.05, 0.1) is 12.8 Å². The fourth-order valence-corrected chi connectivity index (χ4v) is 1.51. The van der Waals surface area contributed by atoms with E-state index in [4.69, 9.17) is 4.74 Å². The second-order valence-corrected chi connectivity index (χ2v) is 4.86. The van der Waals surface area contributed by atoms with Gasteiger partial charge in [-0.1, -0.05) is 19.9 Å². The minimum atomic E-state index is 0.527. The summed E-state index contributed by atoms with van der Waals surface area (Å²) in [6.07, 6.45) is 3.47. The molecule has 0 unspecified atom stereocenters. The van der Waals surface area contributed by atoms with Gasteiger partial charge in [0.1, 0.15) is 11.6 Å². The summed E-state index contributed by atoms with van der Waals surface area (Å²) in [5.74, 6) is 2.13. The van der Waals surface area contributed by atoms with Crippen molar-refractivity contribution >= 4 is 12.0 Å². The molecule has 1 N–H and O–H groups in total. The monoisotopic (exact) mass is 269 g/mol. The van der Waals surface area contributed by atoms with Crippen molar-refractivity contribution in [2.24, 2.45) is 11.0 Å².